The highest BCUT2D eigenvalue weighted by Gasteiger charge is 2.33. The Hall–Kier alpha value is -4.17. The molecule has 2 amide bonds. The van der Waals surface area contributed by atoms with E-state index in [4.69, 9.17) is 16.3 Å². The zero-order valence-corrected chi connectivity index (χ0v) is 22.6. The third-order valence-electron chi connectivity index (χ3n) is 6.80. The van der Waals surface area contributed by atoms with Gasteiger partial charge in [-0.1, -0.05) is 60.1 Å². The number of halogens is 2. The van der Waals surface area contributed by atoms with E-state index in [-0.39, 0.29) is 31.3 Å². The second kappa shape index (κ2) is 10.5. The number of fused-ring (bicyclic) bond motifs is 3. The lowest BCUT2D eigenvalue weighted by molar-refractivity contribution is -0.123. The lowest BCUT2D eigenvalue weighted by Crippen LogP contribution is -2.47. The predicted octanol–water partition coefficient (Wildman–Crippen LogP) is 5.47. The lowest BCUT2D eigenvalue weighted by Gasteiger charge is -2.29. The van der Waals surface area contributed by atoms with E-state index in [1.165, 1.54) is 11.0 Å². The van der Waals surface area contributed by atoms with Crippen LogP contribution < -0.4 is 10.1 Å². The van der Waals surface area contributed by atoms with Gasteiger partial charge in [-0.15, -0.1) is 0 Å². The quantitative estimate of drug-likeness (QED) is 0.334. The maximum atomic E-state index is 14.6. The van der Waals surface area contributed by atoms with Crippen molar-refractivity contribution in [1.82, 2.24) is 20.0 Å². The third kappa shape index (κ3) is 5.38. The molecule has 1 aliphatic heterocycles. The Kier molecular flexibility index (Phi) is 7.14. The molecule has 1 aliphatic rings. The van der Waals surface area contributed by atoms with Gasteiger partial charge in [0.1, 0.15) is 24.7 Å². The van der Waals surface area contributed by atoms with Gasteiger partial charge in [0.05, 0.1) is 11.2 Å². The van der Waals surface area contributed by atoms with E-state index in [2.05, 4.69) is 10.4 Å². The normalized spacial score (nSPS) is 12.2. The first-order valence-corrected chi connectivity index (χ1v) is 12.9. The lowest BCUT2D eigenvalue weighted by atomic mass is 9.94. The molecule has 0 saturated carbocycles. The fourth-order valence-electron chi connectivity index (χ4n) is 4.85. The van der Waals surface area contributed by atoms with Crippen molar-refractivity contribution >= 4 is 23.4 Å². The molecular weight excluding hydrogens is 519 g/mol. The van der Waals surface area contributed by atoms with Crippen LogP contribution >= 0.6 is 11.6 Å². The fraction of sp³-hybridized carbons (Fsp3) is 0.233. The van der Waals surface area contributed by atoms with Crippen molar-refractivity contribution in [2.24, 2.45) is 7.05 Å². The number of nitrogens with one attached hydrogen (secondary N) is 1. The molecular formula is C30H28ClFN4O3. The van der Waals surface area contributed by atoms with Crippen LogP contribution in [0.2, 0.25) is 5.02 Å². The topological polar surface area (TPSA) is 76.5 Å². The summed E-state index contributed by atoms with van der Waals surface area (Å²) in [5.74, 6) is -0.710. The molecule has 0 spiro atoms. The van der Waals surface area contributed by atoms with Gasteiger partial charge in [-0.25, -0.2) is 4.39 Å². The minimum absolute atomic E-state index is 0.112. The van der Waals surface area contributed by atoms with Gasteiger partial charge >= 0.3 is 0 Å². The fourth-order valence-corrected chi connectivity index (χ4v) is 5.02. The zero-order valence-electron chi connectivity index (χ0n) is 21.9. The number of aromatic nitrogens is 2. The van der Waals surface area contributed by atoms with E-state index < -0.39 is 17.3 Å². The van der Waals surface area contributed by atoms with Crippen molar-refractivity contribution in [3.63, 3.8) is 0 Å². The molecule has 2 heterocycles. The summed E-state index contributed by atoms with van der Waals surface area (Å²) in [4.78, 5) is 28.6. The SMILES string of the molecule is Cn1nc(C(=O)N(CC(=O)NC(C)(C)c2ccccc2)Cc2ccccc2F)c2c1-c1cc(Cl)ccc1OC2. The summed E-state index contributed by atoms with van der Waals surface area (Å²) in [7, 11) is 1.74. The highest BCUT2D eigenvalue weighted by molar-refractivity contribution is 6.31. The minimum atomic E-state index is -0.688. The number of hydrogen-bond acceptors (Lipinski definition) is 4. The van der Waals surface area contributed by atoms with Crippen molar-refractivity contribution in [3.8, 4) is 17.0 Å². The Bertz CT molecular complexity index is 1550. The second-order valence-corrected chi connectivity index (χ2v) is 10.5. The molecule has 1 aromatic heterocycles. The molecule has 0 saturated heterocycles. The van der Waals surface area contributed by atoms with Crippen LogP contribution in [0.25, 0.3) is 11.3 Å². The summed E-state index contributed by atoms with van der Waals surface area (Å²) in [6, 6.07) is 21.0. The molecule has 0 unspecified atom stereocenters. The van der Waals surface area contributed by atoms with Crippen LogP contribution in [0.3, 0.4) is 0 Å². The number of ether oxygens (including phenoxy) is 1. The maximum absolute atomic E-state index is 14.6. The summed E-state index contributed by atoms with van der Waals surface area (Å²) in [5, 5.41) is 8.04. The zero-order chi connectivity index (χ0) is 27.7. The van der Waals surface area contributed by atoms with Crippen molar-refractivity contribution in [2.45, 2.75) is 32.5 Å². The van der Waals surface area contributed by atoms with Gasteiger partial charge < -0.3 is 15.0 Å². The molecule has 7 nitrogen and oxygen atoms in total. The van der Waals surface area contributed by atoms with E-state index in [1.54, 1.807) is 48.1 Å². The molecule has 0 aliphatic carbocycles. The van der Waals surface area contributed by atoms with Crippen molar-refractivity contribution in [2.75, 3.05) is 6.54 Å². The predicted molar refractivity (Wildman–Crippen MR) is 147 cm³/mol. The molecule has 0 atom stereocenters. The van der Waals surface area contributed by atoms with Gasteiger partial charge in [-0.05, 0) is 43.7 Å². The van der Waals surface area contributed by atoms with Crippen LogP contribution in [-0.4, -0.2) is 33.0 Å². The van der Waals surface area contributed by atoms with Gasteiger partial charge in [-0.3, -0.25) is 14.3 Å². The molecule has 39 heavy (non-hydrogen) atoms. The summed E-state index contributed by atoms with van der Waals surface area (Å²) in [5.41, 5.74) is 2.68. The number of hydrogen-bond donors (Lipinski definition) is 1. The first kappa shape index (κ1) is 26.4. The molecule has 0 bridgehead atoms. The summed E-state index contributed by atoms with van der Waals surface area (Å²) < 4.78 is 22.1. The molecule has 200 valence electrons. The van der Waals surface area contributed by atoms with Crippen molar-refractivity contribution in [1.29, 1.82) is 0 Å². The Balaban J connectivity index is 1.47. The molecule has 5 rings (SSSR count). The summed E-state index contributed by atoms with van der Waals surface area (Å²) in [6.07, 6.45) is 0. The smallest absolute Gasteiger partial charge is 0.275 e. The van der Waals surface area contributed by atoms with Gasteiger partial charge in [0.15, 0.2) is 5.69 Å². The van der Waals surface area contributed by atoms with E-state index in [0.29, 0.717) is 27.6 Å². The molecule has 9 heteroatoms. The Morgan fingerprint density at radius 2 is 1.82 bits per heavy atom. The number of carbonyl (C=O) groups excluding carboxylic acids is 2. The summed E-state index contributed by atoms with van der Waals surface area (Å²) >= 11 is 6.23. The minimum Gasteiger partial charge on any atom is -0.488 e. The molecule has 0 fully saturated rings. The van der Waals surface area contributed by atoms with E-state index >= 15 is 0 Å². The molecule has 0 radical (unpaired) electrons. The number of carbonyl (C=O) groups is 2. The average molecular weight is 547 g/mol. The number of nitrogens with zero attached hydrogens (tertiary/aromatic N) is 3. The highest BCUT2D eigenvalue weighted by Crippen LogP contribution is 2.40. The van der Waals surface area contributed by atoms with Crippen molar-refractivity contribution < 1.29 is 18.7 Å². The highest BCUT2D eigenvalue weighted by atomic mass is 35.5. The largest absolute Gasteiger partial charge is 0.488 e. The van der Waals surface area contributed by atoms with Gasteiger partial charge in [-0.2, -0.15) is 5.10 Å². The molecule has 1 N–H and O–H groups in total. The van der Waals surface area contributed by atoms with Crippen molar-refractivity contribution in [3.05, 3.63) is 106 Å². The van der Waals surface area contributed by atoms with E-state index in [9.17, 15) is 14.0 Å². The van der Waals surface area contributed by atoms with E-state index in [0.717, 1.165) is 11.1 Å². The van der Waals surface area contributed by atoms with Crippen LogP contribution in [0.1, 0.15) is 41.0 Å². The van der Waals surface area contributed by atoms with Crippen LogP contribution in [0.4, 0.5) is 4.39 Å². The number of rotatable bonds is 7. The molecule has 4 aromatic rings. The first-order valence-electron chi connectivity index (χ1n) is 12.5. The third-order valence-corrected chi connectivity index (χ3v) is 7.04. The summed E-state index contributed by atoms with van der Waals surface area (Å²) in [6.45, 7) is 3.49. The van der Waals surface area contributed by atoms with Crippen LogP contribution in [0.5, 0.6) is 5.75 Å². The Morgan fingerprint density at radius 1 is 1.10 bits per heavy atom. The van der Waals surface area contributed by atoms with Gasteiger partial charge in [0.2, 0.25) is 5.91 Å². The van der Waals surface area contributed by atoms with Gasteiger partial charge in [0, 0.05) is 35.3 Å². The standard InChI is InChI=1S/C30H28ClFN4O3/c1-30(2,20-10-5-4-6-11-20)33-26(37)17-36(16-19-9-7-8-12-24(19)32)29(38)27-23-18-39-25-14-13-21(31)15-22(25)28(23)35(3)34-27/h4-15H,16-18H2,1-3H3,(H,33,37). The van der Waals surface area contributed by atoms with Crippen LogP contribution in [0, 0.1) is 5.82 Å². The van der Waals surface area contributed by atoms with Crippen LogP contribution in [-0.2, 0) is 30.5 Å². The first-order chi connectivity index (χ1) is 18.6. The number of amides is 2. The average Bonchev–Trinajstić information content (AvgIpc) is 3.26. The van der Waals surface area contributed by atoms with Crippen LogP contribution in [0.15, 0.2) is 72.8 Å². The van der Waals surface area contributed by atoms with Gasteiger partial charge in [0.25, 0.3) is 5.91 Å². The number of aryl methyl sites for hydroxylation is 1. The monoisotopic (exact) mass is 546 g/mol. The maximum Gasteiger partial charge on any atom is 0.275 e. The Morgan fingerprint density at radius 3 is 2.56 bits per heavy atom. The second-order valence-electron chi connectivity index (χ2n) is 10.0. The molecule has 3 aromatic carbocycles. The Labute approximate surface area is 231 Å². The number of benzene rings is 3. The van der Waals surface area contributed by atoms with E-state index in [1.807, 2.05) is 44.2 Å².